The lowest BCUT2D eigenvalue weighted by atomic mass is 10.2. The molecule has 0 radical (unpaired) electrons. The van der Waals surface area contributed by atoms with Crippen LogP contribution in [0.15, 0.2) is 0 Å². The van der Waals surface area contributed by atoms with Crippen LogP contribution in [0.4, 0.5) is 0 Å². The maximum Gasteiger partial charge on any atom is 0.0592 e. The van der Waals surface area contributed by atoms with Gasteiger partial charge in [-0.1, -0.05) is 12.8 Å². The molecule has 0 heterocycles. The molecule has 0 aromatic heterocycles. The first-order valence-electron chi connectivity index (χ1n) is 6.08. The molecule has 0 saturated heterocycles. The fourth-order valence-corrected chi connectivity index (χ4v) is 2.20. The van der Waals surface area contributed by atoms with Crippen LogP contribution in [0.2, 0.25) is 0 Å². The molecule has 5 N–H and O–H groups in total. The van der Waals surface area contributed by atoms with Gasteiger partial charge in [0.25, 0.3) is 0 Å². The van der Waals surface area contributed by atoms with Crippen LogP contribution in [0.25, 0.3) is 0 Å². The summed E-state index contributed by atoms with van der Waals surface area (Å²) in [5.74, 6) is 1.61. The highest BCUT2D eigenvalue weighted by Gasteiger charge is 2.05. The minimum atomic E-state index is 0.158. The minimum absolute atomic E-state index is 0.158. The van der Waals surface area contributed by atoms with Crippen molar-refractivity contribution in [2.75, 3.05) is 37.8 Å². The van der Waals surface area contributed by atoms with Crippen molar-refractivity contribution < 1.29 is 10.2 Å². The molecule has 0 rings (SSSR count). The highest BCUT2D eigenvalue weighted by molar-refractivity contribution is 7.99. The largest absolute Gasteiger partial charge is 0.396 e. The number of aliphatic hydroxyl groups excluding tert-OH is 2. The number of thioether (sulfide) groups is 1. The van der Waals surface area contributed by atoms with Crippen LogP contribution in [0.5, 0.6) is 0 Å². The Morgan fingerprint density at radius 3 is 2.50 bits per heavy atom. The van der Waals surface area contributed by atoms with Gasteiger partial charge in [0.1, 0.15) is 0 Å². The number of nitrogens with two attached hydrogens (primary N) is 1. The zero-order chi connectivity index (χ0) is 12.1. The Hall–Kier alpha value is 0.190. The highest BCUT2D eigenvalue weighted by Crippen LogP contribution is 2.02. The summed E-state index contributed by atoms with van der Waals surface area (Å²) in [4.78, 5) is 0. The lowest BCUT2D eigenvalue weighted by Crippen LogP contribution is -2.35. The Labute approximate surface area is 103 Å². The smallest absolute Gasteiger partial charge is 0.0592 e. The Kier molecular flexibility index (Phi) is 13.4. The average molecular weight is 250 g/mol. The molecular formula is C11H26N2O2S. The molecule has 98 valence electrons. The molecule has 0 aliphatic carbocycles. The Morgan fingerprint density at radius 1 is 1.12 bits per heavy atom. The first-order valence-corrected chi connectivity index (χ1v) is 7.23. The number of aliphatic hydroxyl groups is 2. The molecule has 0 spiro atoms. The minimum Gasteiger partial charge on any atom is -0.396 e. The predicted octanol–water partition coefficient (Wildman–Crippen LogP) is 0.182. The van der Waals surface area contributed by atoms with Gasteiger partial charge in [-0.15, -0.1) is 0 Å². The third-order valence-corrected chi connectivity index (χ3v) is 3.45. The van der Waals surface area contributed by atoms with Gasteiger partial charge in [-0.25, -0.2) is 0 Å². The van der Waals surface area contributed by atoms with Gasteiger partial charge in [-0.3, -0.25) is 0 Å². The van der Waals surface area contributed by atoms with Crippen molar-refractivity contribution in [1.29, 1.82) is 0 Å². The fraction of sp³-hybridized carbons (Fsp3) is 1.00. The van der Waals surface area contributed by atoms with Crippen molar-refractivity contribution in [1.82, 2.24) is 5.32 Å². The molecule has 0 aliphatic rings. The summed E-state index contributed by atoms with van der Waals surface area (Å²) in [6.45, 7) is 2.11. The average Bonchev–Trinajstić information content (AvgIpc) is 2.31. The molecule has 5 heteroatoms. The first kappa shape index (κ1) is 16.2. The van der Waals surface area contributed by atoms with E-state index in [9.17, 15) is 0 Å². The summed E-state index contributed by atoms with van der Waals surface area (Å²) in [5.41, 5.74) is 5.41. The summed E-state index contributed by atoms with van der Waals surface area (Å²) in [6, 6.07) is 0.158. The number of rotatable bonds is 12. The fourth-order valence-electron chi connectivity index (χ4n) is 1.40. The molecule has 0 aromatic rings. The molecule has 0 fully saturated rings. The van der Waals surface area contributed by atoms with Crippen LogP contribution < -0.4 is 11.1 Å². The van der Waals surface area contributed by atoms with Crippen LogP contribution in [0, 0.1) is 0 Å². The van der Waals surface area contributed by atoms with E-state index in [2.05, 4.69) is 5.32 Å². The van der Waals surface area contributed by atoms with E-state index in [0.717, 1.165) is 37.4 Å². The molecule has 16 heavy (non-hydrogen) atoms. The van der Waals surface area contributed by atoms with Gasteiger partial charge in [-0.05, 0) is 25.9 Å². The Bertz CT molecular complexity index is 139. The lowest BCUT2D eigenvalue weighted by Gasteiger charge is -2.15. The van der Waals surface area contributed by atoms with Crippen molar-refractivity contribution in [3.63, 3.8) is 0 Å². The summed E-state index contributed by atoms with van der Waals surface area (Å²) in [5, 5.41) is 21.1. The normalized spacial score (nSPS) is 12.9. The Morgan fingerprint density at radius 2 is 1.88 bits per heavy atom. The number of hydrogen-bond donors (Lipinski definition) is 4. The van der Waals surface area contributed by atoms with E-state index in [-0.39, 0.29) is 19.3 Å². The van der Waals surface area contributed by atoms with E-state index in [0.29, 0.717) is 0 Å². The van der Waals surface area contributed by atoms with Crippen molar-refractivity contribution >= 4 is 11.8 Å². The van der Waals surface area contributed by atoms with Gasteiger partial charge in [0.15, 0.2) is 0 Å². The monoisotopic (exact) mass is 250 g/mol. The zero-order valence-corrected chi connectivity index (χ0v) is 10.8. The summed E-state index contributed by atoms with van der Waals surface area (Å²) in [7, 11) is 0. The van der Waals surface area contributed by atoms with Crippen LogP contribution in [-0.2, 0) is 0 Å². The van der Waals surface area contributed by atoms with Crippen LogP contribution >= 0.6 is 11.8 Å². The van der Waals surface area contributed by atoms with E-state index in [1.54, 1.807) is 11.8 Å². The second-order valence-electron chi connectivity index (χ2n) is 3.84. The molecule has 0 bridgehead atoms. The third kappa shape index (κ3) is 10.7. The van der Waals surface area contributed by atoms with E-state index < -0.39 is 0 Å². The number of hydrogen-bond acceptors (Lipinski definition) is 5. The lowest BCUT2D eigenvalue weighted by molar-refractivity contribution is 0.253. The maximum atomic E-state index is 9.11. The van der Waals surface area contributed by atoms with E-state index in [1.807, 2.05) is 0 Å². The molecule has 0 aromatic carbocycles. The first-order chi connectivity index (χ1) is 7.85. The summed E-state index contributed by atoms with van der Waals surface area (Å²) < 4.78 is 0. The third-order valence-electron chi connectivity index (χ3n) is 2.34. The van der Waals surface area contributed by atoms with E-state index in [4.69, 9.17) is 15.9 Å². The Balaban J connectivity index is 3.26. The van der Waals surface area contributed by atoms with Gasteiger partial charge in [0.2, 0.25) is 0 Å². The van der Waals surface area contributed by atoms with E-state index in [1.165, 1.54) is 12.8 Å². The van der Waals surface area contributed by atoms with Crippen molar-refractivity contribution in [3.05, 3.63) is 0 Å². The second kappa shape index (κ2) is 13.3. The molecule has 1 unspecified atom stereocenters. The van der Waals surface area contributed by atoms with Crippen LogP contribution in [0.3, 0.4) is 0 Å². The standard InChI is InChI=1S/C11H26N2O2S/c12-5-3-1-2-4-6-13-11(9-15)10-16-8-7-14/h11,13-15H,1-10,12H2. The molecule has 0 saturated carbocycles. The van der Waals surface area contributed by atoms with Crippen LogP contribution in [0.1, 0.15) is 25.7 Å². The molecule has 0 aliphatic heterocycles. The van der Waals surface area contributed by atoms with Crippen molar-refractivity contribution in [2.24, 2.45) is 5.73 Å². The van der Waals surface area contributed by atoms with Gasteiger partial charge in [-0.2, -0.15) is 11.8 Å². The van der Waals surface area contributed by atoms with E-state index >= 15 is 0 Å². The van der Waals surface area contributed by atoms with Gasteiger partial charge in [0.05, 0.1) is 13.2 Å². The topological polar surface area (TPSA) is 78.5 Å². The maximum absolute atomic E-state index is 9.11. The summed E-state index contributed by atoms with van der Waals surface area (Å²) >= 11 is 1.67. The van der Waals surface area contributed by atoms with Gasteiger partial charge in [0, 0.05) is 17.5 Å². The summed E-state index contributed by atoms with van der Waals surface area (Å²) in [6.07, 6.45) is 4.64. The van der Waals surface area contributed by atoms with Gasteiger partial charge >= 0.3 is 0 Å². The molecule has 4 nitrogen and oxygen atoms in total. The van der Waals surface area contributed by atoms with Crippen molar-refractivity contribution in [2.45, 2.75) is 31.7 Å². The SMILES string of the molecule is NCCCCCCNC(CO)CSCCO. The quantitative estimate of drug-likeness (QED) is 0.372. The molecule has 1 atom stereocenters. The van der Waals surface area contributed by atoms with Crippen molar-refractivity contribution in [3.8, 4) is 0 Å². The zero-order valence-electron chi connectivity index (χ0n) is 10.0. The molecular weight excluding hydrogens is 224 g/mol. The number of unbranched alkanes of at least 4 members (excludes halogenated alkanes) is 3. The predicted molar refractivity (Wildman–Crippen MR) is 70.8 cm³/mol. The van der Waals surface area contributed by atoms with Gasteiger partial charge < -0.3 is 21.3 Å². The second-order valence-corrected chi connectivity index (χ2v) is 4.98. The molecule has 0 amide bonds. The number of nitrogens with one attached hydrogen (secondary N) is 1. The highest BCUT2D eigenvalue weighted by atomic mass is 32.2. The van der Waals surface area contributed by atoms with Crippen LogP contribution in [-0.4, -0.2) is 54.1 Å².